The number of aliphatic hydroxyl groups is 1. The van der Waals surface area contributed by atoms with Crippen LogP contribution in [0.25, 0.3) is 0 Å². The van der Waals surface area contributed by atoms with Crippen molar-refractivity contribution < 1.29 is 14.6 Å². The Morgan fingerprint density at radius 1 is 1.27 bits per heavy atom. The van der Waals surface area contributed by atoms with E-state index >= 15 is 0 Å². The molecule has 2 atom stereocenters. The molecule has 2 aromatic carbocycles. The molecule has 1 heterocycles. The van der Waals surface area contributed by atoms with E-state index < -0.39 is 6.10 Å². The zero-order valence-corrected chi connectivity index (χ0v) is 12.6. The van der Waals surface area contributed by atoms with E-state index in [1.165, 1.54) is 0 Å². The number of halogens is 1. The minimum absolute atomic E-state index is 0.112. The summed E-state index contributed by atoms with van der Waals surface area (Å²) in [7, 11) is 0. The smallest absolute Gasteiger partial charge is 0.231 e. The normalized spacial score (nSPS) is 17.5. The Morgan fingerprint density at radius 3 is 2.82 bits per heavy atom. The number of amides is 1. The lowest BCUT2D eigenvalue weighted by Crippen LogP contribution is -2.33. The van der Waals surface area contributed by atoms with Crippen LogP contribution in [0.15, 0.2) is 48.5 Å². The number of carbonyl (C=O) groups excluding carboxylic acids is 1. The van der Waals surface area contributed by atoms with E-state index in [1.54, 1.807) is 24.3 Å². The summed E-state index contributed by atoms with van der Waals surface area (Å²) in [6.07, 6.45) is -0.838. The number of hydrogen-bond acceptors (Lipinski definition) is 3. The van der Waals surface area contributed by atoms with Crippen LogP contribution >= 0.6 is 11.6 Å². The van der Waals surface area contributed by atoms with Gasteiger partial charge in [0.25, 0.3) is 0 Å². The number of aliphatic hydroxyl groups excluding tert-OH is 1. The van der Waals surface area contributed by atoms with Gasteiger partial charge >= 0.3 is 0 Å². The average Bonchev–Trinajstić information content (AvgIpc) is 2.97. The zero-order valence-electron chi connectivity index (χ0n) is 11.8. The first kappa shape index (κ1) is 14.9. The number of nitrogens with one attached hydrogen (secondary N) is 1. The first-order valence-electron chi connectivity index (χ1n) is 7.08. The van der Waals surface area contributed by atoms with Gasteiger partial charge in [-0.05, 0) is 12.1 Å². The number of hydrogen-bond donors (Lipinski definition) is 2. The fourth-order valence-electron chi connectivity index (χ4n) is 2.56. The maximum atomic E-state index is 12.3. The van der Waals surface area contributed by atoms with Crippen molar-refractivity contribution in [3.8, 4) is 5.75 Å². The highest BCUT2D eigenvalue weighted by Crippen LogP contribution is 2.33. The molecule has 0 saturated heterocycles. The molecule has 2 unspecified atom stereocenters. The number of carbonyl (C=O) groups is 1. The molecule has 0 saturated carbocycles. The third-order valence-corrected chi connectivity index (χ3v) is 4.09. The average molecular weight is 318 g/mol. The van der Waals surface area contributed by atoms with Crippen LogP contribution in [-0.2, 0) is 4.79 Å². The second-order valence-electron chi connectivity index (χ2n) is 5.18. The van der Waals surface area contributed by atoms with Crippen molar-refractivity contribution >= 4 is 17.5 Å². The highest BCUT2D eigenvalue weighted by molar-refractivity contribution is 6.31. The van der Waals surface area contributed by atoms with Crippen molar-refractivity contribution in [2.24, 2.45) is 0 Å². The second-order valence-corrected chi connectivity index (χ2v) is 5.59. The summed E-state index contributed by atoms with van der Waals surface area (Å²) in [5.41, 5.74) is 1.49. The molecule has 3 rings (SSSR count). The van der Waals surface area contributed by atoms with E-state index in [1.807, 2.05) is 24.3 Å². The Balaban J connectivity index is 1.63. The Kier molecular flexibility index (Phi) is 4.32. The zero-order chi connectivity index (χ0) is 15.5. The SMILES string of the molecule is O=C(NCC(O)c1ccccc1Cl)C1COc2ccccc21. The fraction of sp³-hybridized carbons (Fsp3) is 0.235. The Morgan fingerprint density at radius 2 is 2.00 bits per heavy atom. The predicted molar refractivity (Wildman–Crippen MR) is 84.1 cm³/mol. The molecule has 0 aliphatic carbocycles. The van der Waals surface area contributed by atoms with E-state index in [2.05, 4.69) is 5.32 Å². The first-order valence-corrected chi connectivity index (χ1v) is 7.46. The lowest BCUT2D eigenvalue weighted by atomic mass is 10.0. The summed E-state index contributed by atoms with van der Waals surface area (Å²) in [4.78, 5) is 12.3. The second kappa shape index (κ2) is 6.38. The van der Waals surface area contributed by atoms with Gasteiger partial charge in [0.2, 0.25) is 5.91 Å². The maximum absolute atomic E-state index is 12.3. The maximum Gasteiger partial charge on any atom is 0.231 e. The monoisotopic (exact) mass is 317 g/mol. The predicted octanol–water partition coefficient (Wildman–Crippen LogP) is 2.67. The Labute approximate surface area is 133 Å². The molecule has 0 spiro atoms. The number of fused-ring (bicyclic) bond motifs is 1. The van der Waals surface area contributed by atoms with E-state index in [0.29, 0.717) is 17.2 Å². The summed E-state index contributed by atoms with van der Waals surface area (Å²) in [5, 5.41) is 13.4. The van der Waals surface area contributed by atoms with Crippen LogP contribution in [-0.4, -0.2) is 24.2 Å². The molecule has 2 aromatic rings. The fourth-order valence-corrected chi connectivity index (χ4v) is 2.82. The van der Waals surface area contributed by atoms with Gasteiger partial charge in [0.05, 0.1) is 6.10 Å². The molecule has 0 fully saturated rings. The largest absolute Gasteiger partial charge is 0.492 e. The third-order valence-electron chi connectivity index (χ3n) is 3.75. The van der Waals surface area contributed by atoms with Crippen LogP contribution in [0.1, 0.15) is 23.1 Å². The molecule has 0 aromatic heterocycles. The molecule has 1 aliphatic heterocycles. The topological polar surface area (TPSA) is 58.6 Å². The minimum Gasteiger partial charge on any atom is -0.492 e. The summed E-state index contributed by atoms with van der Waals surface area (Å²) >= 11 is 6.04. The summed E-state index contributed by atoms with van der Waals surface area (Å²) in [6.45, 7) is 0.439. The number of para-hydroxylation sites is 1. The van der Waals surface area contributed by atoms with Crippen molar-refractivity contribution in [3.63, 3.8) is 0 Å². The van der Waals surface area contributed by atoms with Gasteiger partial charge in [0.1, 0.15) is 18.3 Å². The van der Waals surface area contributed by atoms with Crippen LogP contribution in [0.3, 0.4) is 0 Å². The van der Waals surface area contributed by atoms with Crippen LogP contribution < -0.4 is 10.1 Å². The molecular formula is C17H16ClNO3. The van der Waals surface area contributed by atoms with Crippen LogP contribution in [0.2, 0.25) is 5.02 Å². The summed E-state index contributed by atoms with van der Waals surface area (Å²) < 4.78 is 5.50. The number of benzene rings is 2. The van der Waals surface area contributed by atoms with Crippen LogP contribution in [0.4, 0.5) is 0 Å². The van der Waals surface area contributed by atoms with Crippen molar-refractivity contribution in [2.45, 2.75) is 12.0 Å². The van der Waals surface area contributed by atoms with Gasteiger partial charge in [0.15, 0.2) is 0 Å². The van der Waals surface area contributed by atoms with Crippen molar-refractivity contribution in [1.82, 2.24) is 5.32 Å². The van der Waals surface area contributed by atoms with Gasteiger partial charge in [-0.1, -0.05) is 48.0 Å². The van der Waals surface area contributed by atoms with Crippen LogP contribution in [0, 0.1) is 0 Å². The highest BCUT2D eigenvalue weighted by Gasteiger charge is 2.30. The van der Waals surface area contributed by atoms with Gasteiger partial charge in [-0.15, -0.1) is 0 Å². The van der Waals surface area contributed by atoms with Gasteiger partial charge in [-0.2, -0.15) is 0 Å². The standard InChI is InChI=1S/C17H16ClNO3/c18-14-7-3-1-6-12(14)15(20)9-19-17(21)13-10-22-16-8-4-2-5-11(13)16/h1-8,13,15,20H,9-10H2,(H,19,21). The van der Waals surface area contributed by atoms with Gasteiger partial charge in [-0.3, -0.25) is 4.79 Å². The number of ether oxygens (including phenoxy) is 1. The van der Waals surface area contributed by atoms with Crippen molar-refractivity contribution in [2.75, 3.05) is 13.2 Å². The lowest BCUT2D eigenvalue weighted by molar-refractivity contribution is -0.123. The molecule has 0 radical (unpaired) electrons. The molecule has 1 aliphatic rings. The molecule has 0 bridgehead atoms. The Bertz CT molecular complexity index is 689. The lowest BCUT2D eigenvalue weighted by Gasteiger charge is -2.15. The summed E-state index contributed by atoms with van der Waals surface area (Å²) in [6, 6.07) is 14.5. The Hall–Kier alpha value is -2.04. The summed E-state index contributed by atoms with van der Waals surface area (Å²) in [5.74, 6) is 0.250. The van der Waals surface area contributed by atoms with Gasteiger partial charge in [-0.25, -0.2) is 0 Å². The molecule has 22 heavy (non-hydrogen) atoms. The van der Waals surface area contributed by atoms with E-state index in [0.717, 1.165) is 11.3 Å². The third kappa shape index (κ3) is 2.93. The molecule has 4 nitrogen and oxygen atoms in total. The molecule has 114 valence electrons. The first-order chi connectivity index (χ1) is 10.7. The minimum atomic E-state index is -0.838. The highest BCUT2D eigenvalue weighted by atomic mass is 35.5. The quantitative estimate of drug-likeness (QED) is 0.911. The van der Waals surface area contributed by atoms with Crippen LogP contribution in [0.5, 0.6) is 5.75 Å². The van der Waals surface area contributed by atoms with E-state index in [4.69, 9.17) is 16.3 Å². The van der Waals surface area contributed by atoms with E-state index in [-0.39, 0.29) is 18.4 Å². The van der Waals surface area contributed by atoms with Gasteiger partial charge in [0, 0.05) is 22.7 Å². The molecule has 2 N–H and O–H groups in total. The van der Waals surface area contributed by atoms with Gasteiger partial charge < -0.3 is 15.2 Å². The van der Waals surface area contributed by atoms with Crippen molar-refractivity contribution in [3.05, 3.63) is 64.7 Å². The molecular weight excluding hydrogens is 302 g/mol. The van der Waals surface area contributed by atoms with E-state index in [9.17, 15) is 9.90 Å². The van der Waals surface area contributed by atoms with Crippen molar-refractivity contribution in [1.29, 1.82) is 0 Å². The molecule has 5 heteroatoms. The molecule has 1 amide bonds. The number of rotatable bonds is 4.